The van der Waals surface area contributed by atoms with Crippen LogP contribution in [0.2, 0.25) is 0 Å². The van der Waals surface area contributed by atoms with E-state index in [1.165, 1.54) is 11.8 Å². The third-order valence-electron chi connectivity index (χ3n) is 3.46. The lowest BCUT2D eigenvalue weighted by molar-refractivity contribution is -0.113. The number of aliphatic hydroxyl groups is 1. The lowest BCUT2D eigenvalue weighted by atomic mass is 9.84. The summed E-state index contributed by atoms with van der Waals surface area (Å²) in [5.41, 5.74) is 2.60. The molecule has 3 nitrogen and oxygen atoms in total. The fourth-order valence-corrected chi connectivity index (χ4v) is 3.60. The fraction of sp³-hybridized carbons (Fsp3) is 0.176. The van der Waals surface area contributed by atoms with Crippen molar-refractivity contribution in [3.63, 3.8) is 0 Å². The average molecular weight is 332 g/mol. The summed E-state index contributed by atoms with van der Waals surface area (Å²) in [5.74, 6) is 0.0841. The topological polar surface area (TPSA) is 49.7 Å². The lowest BCUT2D eigenvalue weighted by Crippen LogP contribution is -2.24. The molecule has 1 aromatic rings. The first-order valence-electron chi connectivity index (χ1n) is 6.92. The van der Waals surface area contributed by atoms with Crippen molar-refractivity contribution in [2.45, 2.75) is 0 Å². The van der Waals surface area contributed by atoms with Crippen LogP contribution >= 0.6 is 23.4 Å². The number of carbonyl (C=O) groups excluding carboxylic acids is 1. The molecule has 1 atom stereocenters. The van der Waals surface area contributed by atoms with Gasteiger partial charge in [0.2, 0.25) is 0 Å². The number of halogens is 1. The van der Waals surface area contributed by atoms with Crippen molar-refractivity contribution >= 4 is 40.6 Å². The molecule has 5 heteroatoms. The molecule has 0 spiro atoms. The second kappa shape index (κ2) is 6.65. The summed E-state index contributed by atoms with van der Waals surface area (Å²) in [6.45, 7) is 0.0151. The third kappa shape index (κ3) is 2.95. The predicted octanol–water partition coefficient (Wildman–Crippen LogP) is 3.41. The van der Waals surface area contributed by atoms with E-state index in [2.05, 4.69) is 4.99 Å². The normalized spacial score (nSPS) is 20.6. The maximum absolute atomic E-state index is 12.4. The maximum atomic E-state index is 12.4. The van der Waals surface area contributed by atoms with Crippen molar-refractivity contribution in [2.24, 2.45) is 10.9 Å². The first kappa shape index (κ1) is 15.3. The van der Waals surface area contributed by atoms with Gasteiger partial charge < -0.3 is 5.11 Å². The minimum atomic E-state index is -0.250. The van der Waals surface area contributed by atoms with Crippen LogP contribution in [0.1, 0.15) is 5.56 Å². The van der Waals surface area contributed by atoms with Crippen LogP contribution < -0.4 is 0 Å². The third-order valence-corrected chi connectivity index (χ3v) is 4.78. The summed E-state index contributed by atoms with van der Waals surface area (Å²) in [5, 5.41) is 9.72. The second-order valence-electron chi connectivity index (χ2n) is 4.89. The van der Waals surface area contributed by atoms with Crippen LogP contribution in [0.25, 0.3) is 5.57 Å². The van der Waals surface area contributed by atoms with E-state index >= 15 is 0 Å². The molecule has 0 aromatic heterocycles. The number of aliphatic imine (C=N–C) groups is 1. The second-order valence-corrected chi connectivity index (χ2v) is 6.43. The molecule has 0 fully saturated rings. The standard InChI is InChI=1S/C17H14ClNO2S/c18-12-6-7-14-13(10-12)15(11-4-2-1-3-5-11)16(17(21)19-14)22-9-8-20/h1-7,10,13,20H,8-9H2. The largest absolute Gasteiger partial charge is 0.396 e. The molecular formula is C17H14ClNO2S. The molecule has 0 saturated carbocycles. The van der Waals surface area contributed by atoms with E-state index in [1.807, 2.05) is 36.4 Å². The van der Waals surface area contributed by atoms with Crippen LogP contribution in [-0.2, 0) is 4.79 Å². The van der Waals surface area contributed by atoms with Gasteiger partial charge >= 0.3 is 0 Å². The van der Waals surface area contributed by atoms with E-state index in [0.29, 0.717) is 21.4 Å². The van der Waals surface area contributed by atoms with E-state index in [1.54, 1.807) is 12.2 Å². The Kier molecular flexibility index (Phi) is 4.62. The molecule has 0 saturated heterocycles. The number of hydrogen-bond acceptors (Lipinski definition) is 3. The number of amides is 1. The Morgan fingerprint density at radius 3 is 2.73 bits per heavy atom. The number of thioether (sulfide) groups is 1. The lowest BCUT2D eigenvalue weighted by Gasteiger charge is -2.26. The van der Waals surface area contributed by atoms with Crippen molar-refractivity contribution in [1.82, 2.24) is 0 Å². The highest BCUT2D eigenvalue weighted by molar-refractivity contribution is 8.04. The Hall–Kier alpha value is -1.62. The van der Waals surface area contributed by atoms with Crippen LogP contribution in [0, 0.1) is 5.92 Å². The van der Waals surface area contributed by atoms with Gasteiger partial charge in [0.15, 0.2) is 0 Å². The number of aliphatic hydroxyl groups excluding tert-OH is 1. The molecule has 112 valence electrons. The Labute approximate surface area is 138 Å². The number of rotatable bonds is 4. The fourth-order valence-electron chi connectivity index (χ4n) is 2.55. The molecule has 1 aliphatic carbocycles. The molecule has 1 heterocycles. The number of dihydropyridines is 1. The monoisotopic (exact) mass is 331 g/mol. The van der Waals surface area contributed by atoms with Crippen molar-refractivity contribution in [3.8, 4) is 0 Å². The zero-order valence-corrected chi connectivity index (χ0v) is 13.3. The first-order chi connectivity index (χ1) is 10.7. The van der Waals surface area contributed by atoms with Crippen LogP contribution in [0.4, 0.5) is 0 Å². The molecule has 2 aliphatic rings. The number of nitrogens with zero attached hydrogens (tertiary/aromatic N) is 1. The Bertz CT molecular complexity index is 719. The van der Waals surface area contributed by atoms with Crippen LogP contribution in [0.3, 0.4) is 0 Å². The van der Waals surface area contributed by atoms with Gasteiger partial charge in [0, 0.05) is 16.7 Å². The van der Waals surface area contributed by atoms with Gasteiger partial charge in [0.05, 0.1) is 17.2 Å². The smallest absolute Gasteiger partial charge is 0.283 e. The highest BCUT2D eigenvalue weighted by Gasteiger charge is 2.31. The molecule has 1 unspecified atom stereocenters. The summed E-state index contributed by atoms with van der Waals surface area (Å²) in [7, 11) is 0. The van der Waals surface area contributed by atoms with Gasteiger partial charge in [-0.3, -0.25) is 4.79 Å². The Morgan fingerprint density at radius 1 is 1.23 bits per heavy atom. The van der Waals surface area contributed by atoms with Crippen LogP contribution in [0.15, 0.2) is 63.5 Å². The van der Waals surface area contributed by atoms with Gasteiger partial charge in [0.25, 0.3) is 5.91 Å². The van der Waals surface area contributed by atoms with Crippen molar-refractivity contribution in [1.29, 1.82) is 0 Å². The summed E-state index contributed by atoms with van der Waals surface area (Å²) in [6, 6.07) is 9.77. The predicted molar refractivity (Wildman–Crippen MR) is 91.9 cm³/mol. The molecule has 1 amide bonds. The maximum Gasteiger partial charge on any atom is 0.283 e. The van der Waals surface area contributed by atoms with E-state index in [9.17, 15) is 4.79 Å². The SMILES string of the molecule is O=C1N=C2C=CC(Cl)=CC2C(c2ccccc2)=C1SCCO. The van der Waals surface area contributed by atoms with E-state index in [4.69, 9.17) is 16.7 Å². The Morgan fingerprint density at radius 2 is 2.00 bits per heavy atom. The van der Waals surface area contributed by atoms with E-state index < -0.39 is 0 Å². The number of hydrogen-bond donors (Lipinski definition) is 1. The van der Waals surface area contributed by atoms with Gasteiger partial charge in [-0.1, -0.05) is 48.0 Å². The summed E-state index contributed by atoms with van der Waals surface area (Å²) in [6.07, 6.45) is 5.45. The number of allylic oxidation sites excluding steroid dienone is 5. The quantitative estimate of drug-likeness (QED) is 0.919. The molecule has 0 radical (unpaired) electrons. The minimum Gasteiger partial charge on any atom is -0.396 e. The summed E-state index contributed by atoms with van der Waals surface area (Å²) in [4.78, 5) is 17.1. The average Bonchev–Trinajstić information content (AvgIpc) is 2.54. The highest BCUT2D eigenvalue weighted by Crippen LogP contribution is 2.40. The molecule has 1 aliphatic heterocycles. The van der Waals surface area contributed by atoms with Gasteiger partial charge in [-0.15, -0.1) is 11.8 Å². The van der Waals surface area contributed by atoms with Gasteiger partial charge in [-0.2, -0.15) is 0 Å². The zero-order valence-electron chi connectivity index (χ0n) is 11.7. The molecule has 1 aromatic carbocycles. The van der Waals surface area contributed by atoms with Crippen LogP contribution in [-0.4, -0.2) is 29.1 Å². The zero-order chi connectivity index (χ0) is 15.5. The number of fused-ring (bicyclic) bond motifs is 1. The minimum absolute atomic E-state index is 0.0151. The van der Waals surface area contributed by atoms with Gasteiger partial charge in [-0.25, -0.2) is 4.99 Å². The first-order valence-corrected chi connectivity index (χ1v) is 8.28. The number of carbonyl (C=O) groups is 1. The molecular weight excluding hydrogens is 318 g/mol. The summed E-state index contributed by atoms with van der Waals surface area (Å²) >= 11 is 7.48. The van der Waals surface area contributed by atoms with Crippen molar-refractivity contribution in [3.05, 3.63) is 64.1 Å². The molecule has 3 rings (SSSR count). The summed E-state index contributed by atoms with van der Waals surface area (Å²) < 4.78 is 0. The number of benzene rings is 1. The van der Waals surface area contributed by atoms with Gasteiger partial charge in [0.1, 0.15) is 0 Å². The van der Waals surface area contributed by atoms with Crippen LogP contribution in [0.5, 0.6) is 0 Å². The molecule has 22 heavy (non-hydrogen) atoms. The highest BCUT2D eigenvalue weighted by atomic mass is 35.5. The van der Waals surface area contributed by atoms with Crippen molar-refractivity contribution in [2.75, 3.05) is 12.4 Å². The van der Waals surface area contributed by atoms with Gasteiger partial charge in [-0.05, 0) is 23.3 Å². The van der Waals surface area contributed by atoms with E-state index in [-0.39, 0.29) is 18.4 Å². The van der Waals surface area contributed by atoms with Crippen molar-refractivity contribution < 1.29 is 9.90 Å². The molecule has 0 bridgehead atoms. The van der Waals surface area contributed by atoms with E-state index in [0.717, 1.165) is 11.1 Å². The molecule has 1 N–H and O–H groups in total. The Balaban J connectivity index is 2.14.